The van der Waals surface area contributed by atoms with Crippen LogP contribution in [-0.4, -0.2) is 60.4 Å². The normalized spacial score (nSPS) is 26.2. The zero-order valence-corrected chi connectivity index (χ0v) is 16.2. The third-order valence-corrected chi connectivity index (χ3v) is 4.52. The molecule has 1 aromatic carbocycles. The van der Waals surface area contributed by atoms with Gasteiger partial charge in [0.1, 0.15) is 0 Å². The Bertz CT molecular complexity index is 949. The lowest BCUT2D eigenvalue weighted by molar-refractivity contribution is -0.193. The van der Waals surface area contributed by atoms with Crippen molar-refractivity contribution in [2.45, 2.75) is 36.6 Å². The van der Waals surface area contributed by atoms with Crippen LogP contribution in [-0.2, 0) is 18.9 Å². The van der Waals surface area contributed by atoms with Crippen molar-refractivity contribution in [1.29, 1.82) is 0 Å². The summed E-state index contributed by atoms with van der Waals surface area (Å²) in [5, 5.41) is 20.5. The van der Waals surface area contributed by atoms with Crippen LogP contribution in [0, 0.1) is 47.4 Å². The molecule has 152 valence electrons. The maximum Gasteiger partial charge on any atom is 0.301 e. The van der Waals surface area contributed by atoms with E-state index in [1.165, 1.54) is 0 Å². The Morgan fingerprint density at radius 3 is 1.47 bits per heavy atom. The largest absolute Gasteiger partial charge is 0.377 e. The molecule has 4 rings (SSSR count). The van der Waals surface area contributed by atoms with Crippen molar-refractivity contribution in [3.8, 4) is 47.4 Å². The van der Waals surface area contributed by atoms with Gasteiger partial charge < -0.3 is 29.2 Å². The van der Waals surface area contributed by atoms with E-state index in [2.05, 4.69) is 47.4 Å². The maximum absolute atomic E-state index is 10.2. The predicted molar refractivity (Wildman–Crippen MR) is 106 cm³/mol. The summed E-state index contributed by atoms with van der Waals surface area (Å²) in [5.74, 6) is 19.5. The number of rotatable bonds is 0. The lowest BCUT2D eigenvalue weighted by atomic mass is 10.1. The lowest BCUT2D eigenvalue weighted by Crippen LogP contribution is -2.39. The predicted octanol–water partition coefficient (Wildman–Crippen LogP) is 0.398. The van der Waals surface area contributed by atoms with Crippen LogP contribution in [0.4, 0.5) is 0 Å². The third-order valence-electron chi connectivity index (χ3n) is 4.52. The van der Waals surface area contributed by atoms with Crippen molar-refractivity contribution < 1.29 is 29.2 Å². The molecule has 2 spiro atoms. The van der Waals surface area contributed by atoms with Crippen molar-refractivity contribution in [3.05, 3.63) is 35.4 Å². The van der Waals surface area contributed by atoms with Gasteiger partial charge in [0.25, 0.3) is 0 Å². The second kappa shape index (κ2) is 8.93. The molecule has 2 aliphatic heterocycles. The molecule has 2 unspecified atom stereocenters. The molecule has 0 saturated carbocycles. The van der Waals surface area contributed by atoms with Gasteiger partial charge in [-0.2, -0.15) is 0 Å². The number of hydrogen-bond acceptors (Lipinski definition) is 6. The van der Waals surface area contributed by atoms with Crippen molar-refractivity contribution in [1.82, 2.24) is 0 Å². The van der Waals surface area contributed by atoms with Crippen molar-refractivity contribution >= 4 is 0 Å². The summed E-state index contributed by atoms with van der Waals surface area (Å²) in [7, 11) is 0. The van der Waals surface area contributed by atoms with Crippen molar-refractivity contribution in [2.24, 2.45) is 0 Å². The highest BCUT2D eigenvalue weighted by Gasteiger charge is 2.33. The molecule has 1 aromatic rings. The van der Waals surface area contributed by atoms with Crippen LogP contribution in [0.15, 0.2) is 24.3 Å². The van der Waals surface area contributed by atoms with E-state index < -0.39 is 23.8 Å². The highest BCUT2D eigenvalue weighted by atomic mass is 16.7. The molecule has 2 fully saturated rings. The first kappa shape index (κ1) is 20.5. The molecule has 3 aliphatic rings. The van der Waals surface area contributed by atoms with Gasteiger partial charge in [-0.1, -0.05) is 35.8 Å². The molecule has 2 atom stereocenters. The highest BCUT2D eigenvalue weighted by molar-refractivity contribution is 5.52. The SMILES string of the molecule is OC1C#CC2(C#Cc3ccccc3C#CC3(C#CC1O)OCCCO3)OCCCO2. The Labute approximate surface area is 175 Å². The van der Waals surface area contributed by atoms with Crippen LogP contribution < -0.4 is 0 Å². The fraction of sp³-hybridized carbons (Fsp3) is 0.417. The smallest absolute Gasteiger partial charge is 0.301 e. The molecular weight excluding hydrogens is 384 g/mol. The van der Waals surface area contributed by atoms with E-state index in [1.807, 2.05) is 24.3 Å². The van der Waals surface area contributed by atoms with Gasteiger partial charge in [-0.05, 0) is 48.7 Å². The minimum Gasteiger partial charge on any atom is -0.377 e. The van der Waals surface area contributed by atoms with Gasteiger partial charge in [-0.15, -0.1) is 0 Å². The summed E-state index contributed by atoms with van der Waals surface area (Å²) in [6, 6.07) is 7.35. The topological polar surface area (TPSA) is 77.4 Å². The molecule has 1 aliphatic carbocycles. The molecule has 0 radical (unpaired) electrons. The van der Waals surface area contributed by atoms with E-state index in [4.69, 9.17) is 18.9 Å². The Morgan fingerprint density at radius 1 is 0.667 bits per heavy atom. The van der Waals surface area contributed by atoms with Gasteiger partial charge in [0.15, 0.2) is 12.2 Å². The Kier molecular flexibility index (Phi) is 6.10. The first-order valence-electron chi connectivity index (χ1n) is 9.73. The number of ether oxygens (including phenoxy) is 4. The van der Waals surface area contributed by atoms with Crippen molar-refractivity contribution in [3.63, 3.8) is 0 Å². The average molecular weight is 404 g/mol. The van der Waals surface area contributed by atoms with Crippen LogP contribution >= 0.6 is 0 Å². The van der Waals surface area contributed by atoms with E-state index in [0.29, 0.717) is 50.4 Å². The van der Waals surface area contributed by atoms with Gasteiger partial charge in [0, 0.05) is 11.1 Å². The second-order valence-electron chi connectivity index (χ2n) is 6.81. The summed E-state index contributed by atoms with van der Waals surface area (Å²) >= 11 is 0. The van der Waals surface area contributed by atoms with Crippen LogP contribution in [0.1, 0.15) is 24.0 Å². The minimum atomic E-state index is -1.49. The first-order valence-corrected chi connectivity index (χ1v) is 9.73. The Morgan fingerprint density at radius 2 is 1.07 bits per heavy atom. The highest BCUT2D eigenvalue weighted by Crippen LogP contribution is 2.20. The Balaban J connectivity index is 1.83. The van der Waals surface area contributed by atoms with Crippen molar-refractivity contribution in [2.75, 3.05) is 26.4 Å². The van der Waals surface area contributed by atoms with Crippen LogP contribution in [0.3, 0.4) is 0 Å². The molecule has 0 aromatic heterocycles. The first-order chi connectivity index (χ1) is 14.6. The number of hydrogen-bond donors (Lipinski definition) is 2. The van der Waals surface area contributed by atoms with Gasteiger partial charge in [-0.3, -0.25) is 0 Å². The summed E-state index contributed by atoms with van der Waals surface area (Å²) in [5.41, 5.74) is 1.31. The molecule has 2 N–H and O–H groups in total. The fourth-order valence-electron chi connectivity index (χ4n) is 2.91. The molecule has 30 heavy (non-hydrogen) atoms. The molecule has 6 nitrogen and oxygen atoms in total. The van der Waals surface area contributed by atoms with E-state index in [9.17, 15) is 10.2 Å². The number of aliphatic hydroxyl groups excluding tert-OH is 2. The van der Waals surface area contributed by atoms with Gasteiger partial charge in [-0.25, -0.2) is 0 Å². The summed E-state index contributed by atoms with van der Waals surface area (Å²) in [4.78, 5) is 0. The summed E-state index contributed by atoms with van der Waals surface area (Å²) in [6.45, 7) is 1.67. The van der Waals surface area contributed by atoms with Gasteiger partial charge in [0.05, 0.1) is 26.4 Å². The number of fused-ring (bicyclic) bond motifs is 1. The van der Waals surface area contributed by atoms with Crippen LogP contribution in [0.2, 0.25) is 0 Å². The van der Waals surface area contributed by atoms with E-state index in [0.717, 1.165) is 0 Å². The van der Waals surface area contributed by atoms with Gasteiger partial charge >= 0.3 is 11.6 Å². The molecular formula is C24H20O6. The Hall–Kier alpha value is -2.78. The molecule has 2 saturated heterocycles. The zero-order valence-electron chi connectivity index (χ0n) is 16.2. The average Bonchev–Trinajstić information content (AvgIpc) is 2.80. The maximum atomic E-state index is 10.2. The zero-order chi connectivity index (χ0) is 20.9. The van der Waals surface area contributed by atoms with E-state index >= 15 is 0 Å². The second-order valence-corrected chi connectivity index (χ2v) is 6.81. The number of aliphatic hydroxyl groups is 2. The summed E-state index contributed by atoms with van der Waals surface area (Å²) < 4.78 is 22.7. The molecule has 0 bridgehead atoms. The third kappa shape index (κ3) is 4.68. The van der Waals surface area contributed by atoms with Gasteiger partial charge in [0.2, 0.25) is 0 Å². The van der Waals surface area contributed by atoms with Crippen LogP contribution in [0.25, 0.3) is 0 Å². The fourth-order valence-corrected chi connectivity index (χ4v) is 2.91. The quantitative estimate of drug-likeness (QED) is 0.610. The number of benzene rings is 1. The lowest BCUT2D eigenvalue weighted by Gasteiger charge is -2.28. The standard InChI is InChI=1S/C24H20O6/c25-21-9-13-23(27-15-3-16-28-23)11-7-19-5-1-2-6-20(19)8-12-24(14-10-22(21)26)29-17-4-18-30-24/h1-2,5-6,21-22,25-26H,3-4,15-18H2. The monoisotopic (exact) mass is 404 g/mol. The molecule has 2 heterocycles. The molecule has 0 amide bonds. The van der Waals surface area contributed by atoms with E-state index in [1.54, 1.807) is 0 Å². The van der Waals surface area contributed by atoms with Crippen LogP contribution in [0.5, 0.6) is 0 Å². The minimum absolute atomic E-state index is 0.417. The van der Waals surface area contributed by atoms with E-state index in [-0.39, 0.29) is 0 Å². The molecule has 6 heteroatoms. The summed E-state index contributed by atoms with van der Waals surface area (Å²) in [6.07, 6.45) is -1.50.